The number of aromatic amines is 1. The van der Waals surface area contributed by atoms with Gasteiger partial charge in [0.05, 0.1) is 4.92 Å². The molecule has 5 nitrogen and oxygen atoms in total. The number of nitrogens with one attached hydrogen (secondary N) is 2. The molecule has 2 rings (SSSR count). The van der Waals surface area contributed by atoms with Crippen molar-refractivity contribution in [2.24, 2.45) is 0 Å². The van der Waals surface area contributed by atoms with Crippen LogP contribution in [-0.2, 0) is 5.75 Å². The van der Waals surface area contributed by atoms with Crippen LogP contribution >= 0.6 is 27.7 Å². The number of nitrogens with zero attached hydrogens (tertiary/aromatic N) is 1. The van der Waals surface area contributed by atoms with Crippen LogP contribution < -0.4 is 5.32 Å². The number of hydrogen-bond donors (Lipinski definition) is 2. The lowest BCUT2D eigenvalue weighted by Gasteiger charge is -2.05. The zero-order chi connectivity index (χ0) is 14.4. The van der Waals surface area contributed by atoms with Crippen molar-refractivity contribution in [1.29, 1.82) is 0 Å². The van der Waals surface area contributed by atoms with E-state index in [1.165, 1.54) is 11.6 Å². The SMILES string of the molecule is O=[N+]([O-])c1cc[nH]c1NCCSCc1ccccc1Br. The van der Waals surface area contributed by atoms with Crippen LogP contribution in [0.15, 0.2) is 41.0 Å². The Morgan fingerprint density at radius 2 is 2.15 bits per heavy atom. The first-order valence-corrected chi connectivity index (χ1v) is 8.00. The van der Waals surface area contributed by atoms with E-state index in [9.17, 15) is 10.1 Å². The summed E-state index contributed by atoms with van der Waals surface area (Å²) in [6.45, 7) is 0.677. The first-order chi connectivity index (χ1) is 9.68. The highest BCUT2D eigenvalue weighted by molar-refractivity contribution is 9.10. The zero-order valence-electron chi connectivity index (χ0n) is 10.6. The van der Waals surface area contributed by atoms with E-state index in [2.05, 4.69) is 32.3 Å². The number of nitro groups is 1. The van der Waals surface area contributed by atoms with Crippen LogP contribution in [0.3, 0.4) is 0 Å². The zero-order valence-corrected chi connectivity index (χ0v) is 13.0. The minimum absolute atomic E-state index is 0.0841. The maximum atomic E-state index is 10.7. The number of benzene rings is 1. The van der Waals surface area contributed by atoms with Crippen molar-refractivity contribution in [2.75, 3.05) is 17.6 Å². The number of H-pyrrole nitrogens is 1. The van der Waals surface area contributed by atoms with Gasteiger partial charge in [-0.15, -0.1) is 0 Å². The molecule has 0 amide bonds. The van der Waals surface area contributed by atoms with Gasteiger partial charge in [-0.2, -0.15) is 11.8 Å². The number of thioether (sulfide) groups is 1. The molecule has 1 aromatic carbocycles. The Kier molecular flexibility index (Phi) is 5.49. The molecule has 0 spiro atoms. The van der Waals surface area contributed by atoms with E-state index in [1.807, 2.05) is 18.2 Å². The molecule has 0 aliphatic carbocycles. The Bertz CT molecular complexity index is 589. The van der Waals surface area contributed by atoms with Crippen molar-refractivity contribution < 1.29 is 4.92 Å². The van der Waals surface area contributed by atoms with Gasteiger partial charge in [0.2, 0.25) is 0 Å². The fraction of sp³-hybridized carbons (Fsp3) is 0.231. The predicted octanol–water partition coefficient (Wildman–Crippen LogP) is 4.03. The van der Waals surface area contributed by atoms with Crippen molar-refractivity contribution in [3.05, 3.63) is 56.7 Å². The average Bonchev–Trinajstić information content (AvgIpc) is 2.89. The van der Waals surface area contributed by atoms with Gasteiger partial charge in [0.1, 0.15) is 0 Å². The summed E-state index contributed by atoms with van der Waals surface area (Å²) < 4.78 is 1.11. The number of hydrogen-bond acceptors (Lipinski definition) is 4. The van der Waals surface area contributed by atoms with Gasteiger partial charge in [-0.25, -0.2) is 0 Å². The maximum absolute atomic E-state index is 10.7. The van der Waals surface area contributed by atoms with Gasteiger partial charge in [-0.3, -0.25) is 10.1 Å². The summed E-state index contributed by atoms with van der Waals surface area (Å²) >= 11 is 5.29. The molecule has 1 aromatic heterocycles. The molecule has 7 heteroatoms. The minimum Gasteiger partial charge on any atom is -0.365 e. The van der Waals surface area contributed by atoms with E-state index in [0.29, 0.717) is 12.4 Å². The van der Waals surface area contributed by atoms with E-state index in [1.54, 1.807) is 18.0 Å². The Hall–Kier alpha value is -1.47. The molecule has 0 radical (unpaired) electrons. The molecule has 2 N–H and O–H groups in total. The molecular weight excluding hydrogens is 342 g/mol. The standard InChI is InChI=1S/C13H14BrN3O2S/c14-11-4-2-1-3-10(11)9-20-8-7-16-13-12(17(18)19)5-6-15-13/h1-6,15-16H,7-9H2. The van der Waals surface area contributed by atoms with Crippen LogP contribution in [0.2, 0.25) is 0 Å². The molecule has 0 aliphatic rings. The molecule has 106 valence electrons. The van der Waals surface area contributed by atoms with Crippen LogP contribution in [0.4, 0.5) is 11.5 Å². The third kappa shape index (κ3) is 4.01. The lowest BCUT2D eigenvalue weighted by atomic mass is 10.2. The second-order valence-corrected chi connectivity index (χ2v) is 6.03. The van der Waals surface area contributed by atoms with Crippen molar-refractivity contribution in [3.63, 3.8) is 0 Å². The van der Waals surface area contributed by atoms with Gasteiger partial charge < -0.3 is 10.3 Å². The van der Waals surface area contributed by atoms with E-state index >= 15 is 0 Å². The molecule has 1 heterocycles. The second-order valence-electron chi connectivity index (χ2n) is 4.07. The Labute approximate surface area is 129 Å². The predicted molar refractivity (Wildman–Crippen MR) is 86.2 cm³/mol. The lowest BCUT2D eigenvalue weighted by molar-refractivity contribution is -0.383. The summed E-state index contributed by atoms with van der Waals surface area (Å²) in [5.41, 5.74) is 1.34. The first kappa shape index (κ1) is 14.9. The molecule has 0 saturated carbocycles. The summed E-state index contributed by atoms with van der Waals surface area (Å²) in [6.07, 6.45) is 1.56. The van der Waals surface area contributed by atoms with Gasteiger partial charge in [0, 0.05) is 34.8 Å². The number of rotatable bonds is 7. The van der Waals surface area contributed by atoms with E-state index < -0.39 is 4.92 Å². The number of halogens is 1. The molecule has 0 bridgehead atoms. The van der Waals surface area contributed by atoms with Gasteiger partial charge in [0.25, 0.3) is 0 Å². The molecule has 20 heavy (non-hydrogen) atoms. The van der Waals surface area contributed by atoms with Crippen LogP contribution in [-0.4, -0.2) is 22.2 Å². The highest BCUT2D eigenvalue weighted by Crippen LogP contribution is 2.23. The van der Waals surface area contributed by atoms with E-state index in [0.717, 1.165) is 16.0 Å². The van der Waals surface area contributed by atoms with Gasteiger partial charge >= 0.3 is 5.69 Å². The molecule has 0 unspecified atom stereocenters. The monoisotopic (exact) mass is 355 g/mol. The smallest absolute Gasteiger partial charge is 0.310 e. The van der Waals surface area contributed by atoms with Crippen LogP contribution in [0.5, 0.6) is 0 Å². The number of anilines is 1. The number of aromatic nitrogens is 1. The summed E-state index contributed by atoms with van der Waals surface area (Å²) in [6, 6.07) is 9.57. The molecule has 0 fully saturated rings. The third-order valence-electron chi connectivity index (χ3n) is 2.69. The van der Waals surface area contributed by atoms with E-state index in [-0.39, 0.29) is 5.69 Å². The van der Waals surface area contributed by atoms with Gasteiger partial charge in [0.15, 0.2) is 5.82 Å². The molecule has 2 aromatic rings. The normalized spacial score (nSPS) is 10.4. The van der Waals surface area contributed by atoms with Crippen molar-refractivity contribution in [3.8, 4) is 0 Å². The second kappa shape index (κ2) is 7.35. The molecule has 0 aliphatic heterocycles. The van der Waals surface area contributed by atoms with E-state index in [4.69, 9.17) is 0 Å². The summed E-state index contributed by atoms with van der Waals surface area (Å²) in [5, 5.41) is 13.8. The highest BCUT2D eigenvalue weighted by atomic mass is 79.9. The minimum atomic E-state index is -0.396. The van der Waals surface area contributed by atoms with Crippen LogP contribution in [0.25, 0.3) is 0 Å². The van der Waals surface area contributed by atoms with Gasteiger partial charge in [-0.1, -0.05) is 34.1 Å². The summed E-state index contributed by atoms with van der Waals surface area (Å²) in [5.74, 6) is 2.25. The topological polar surface area (TPSA) is 71.0 Å². The van der Waals surface area contributed by atoms with Gasteiger partial charge in [-0.05, 0) is 11.6 Å². The summed E-state index contributed by atoms with van der Waals surface area (Å²) in [4.78, 5) is 13.2. The fourth-order valence-corrected chi connectivity index (χ4v) is 3.17. The first-order valence-electron chi connectivity index (χ1n) is 6.05. The Morgan fingerprint density at radius 3 is 2.90 bits per heavy atom. The maximum Gasteiger partial charge on any atom is 0.310 e. The molecule has 0 saturated heterocycles. The summed E-state index contributed by atoms with van der Waals surface area (Å²) in [7, 11) is 0. The largest absolute Gasteiger partial charge is 0.365 e. The van der Waals surface area contributed by atoms with Crippen LogP contribution in [0.1, 0.15) is 5.56 Å². The fourth-order valence-electron chi connectivity index (χ4n) is 1.70. The van der Waals surface area contributed by atoms with Crippen molar-refractivity contribution in [2.45, 2.75) is 5.75 Å². The molecule has 0 atom stereocenters. The average molecular weight is 356 g/mol. The highest BCUT2D eigenvalue weighted by Gasteiger charge is 2.13. The van der Waals surface area contributed by atoms with Crippen molar-refractivity contribution >= 4 is 39.2 Å². The molecular formula is C13H14BrN3O2S. The lowest BCUT2D eigenvalue weighted by Crippen LogP contribution is -2.06. The Morgan fingerprint density at radius 1 is 1.35 bits per heavy atom. The Balaban J connectivity index is 1.73. The third-order valence-corrected chi connectivity index (χ3v) is 4.47. The van der Waals surface area contributed by atoms with Crippen molar-refractivity contribution in [1.82, 2.24) is 4.98 Å². The van der Waals surface area contributed by atoms with Crippen LogP contribution in [0, 0.1) is 10.1 Å². The quantitative estimate of drug-likeness (QED) is 0.446.